The summed E-state index contributed by atoms with van der Waals surface area (Å²) in [6.07, 6.45) is 3.78. The van der Waals surface area contributed by atoms with Gasteiger partial charge in [-0.2, -0.15) is 0 Å². The molecule has 0 saturated heterocycles. The number of pyridine rings is 2. The summed E-state index contributed by atoms with van der Waals surface area (Å²) in [6, 6.07) is 17.6. The van der Waals surface area contributed by atoms with E-state index >= 15 is 0 Å². The molecule has 0 bridgehead atoms. The number of nitrogens with zero attached hydrogens (tertiary/aromatic N) is 2. The number of rotatable bonds is 2. The Morgan fingerprint density at radius 1 is 0.625 bits per heavy atom. The van der Waals surface area contributed by atoms with Crippen LogP contribution in [0.15, 0.2) is 60.9 Å². The number of hydrogen-bond acceptors (Lipinski definition) is 2. The van der Waals surface area contributed by atoms with Gasteiger partial charge in [0.25, 0.3) is 0 Å². The SMILES string of the molecule is Cc1ccc([As]=[As]c2ccc(C)c3ncccc23)c2cccnc12. The standard InChI is InChI=1S/C20H16As2N2/c1-13-7-9-17(15-5-3-11-23-19(13)15)21-22-18-10-8-14(2)20-16(18)6-4-12-24-20/h3-12H,1-2H3. The van der Waals surface area contributed by atoms with E-state index in [-0.39, 0.29) is 26.3 Å². The number of fused-ring (bicyclic) bond motifs is 2. The Morgan fingerprint density at radius 3 is 1.54 bits per heavy atom. The van der Waals surface area contributed by atoms with Crippen LogP contribution in [0, 0.1) is 13.8 Å². The van der Waals surface area contributed by atoms with Crippen molar-refractivity contribution >= 4 is 56.8 Å². The molecule has 0 fully saturated rings. The monoisotopic (exact) mass is 434 g/mol. The Kier molecular flexibility index (Phi) is 4.44. The summed E-state index contributed by atoms with van der Waals surface area (Å²) in [7, 11) is 0. The fourth-order valence-electron chi connectivity index (χ4n) is 2.88. The van der Waals surface area contributed by atoms with E-state index in [0.29, 0.717) is 0 Å². The summed E-state index contributed by atoms with van der Waals surface area (Å²) in [6.45, 7) is 4.28. The predicted molar refractivity (Wildman–Crippen MR) is 104 cm³/mol. The topological polar surface area (TPSA) is 25.8 Å². The van der Waals surface area contributed by atoms with E-state index in [1.165, 1.54) is 30.6 Å². The van der Waals surface area contributed by atoms with Crippen LogP contribution < -0.4 is 8.70 Å². The van der Waals surface area contributed by atoms with Crippen molar-refractivity contribution in [3.8, 4) is 0 Å². The molecule has 0 N–H and O–H groups in total. The summed E-state index contributed by atoms with van der Waals surface area (Å²) < 4.78 is 3.00. The first-order valence-corrected chi connectivity index (χ1v) is 14.9. The van der Waals surface area contributed by atoms with Gasteiger partial charge in [0.15, 0.2) is 0 Å². The van der Waals surface area contributed by atoms with Gasteiger partial charge in [-0.05, 0) is 0 Å². The number of aryl methyl sites for hydroxylation is 2. The van der Waals surface area contributed by atoms with Gasteiger partial charge in [-0.1, -0.05) is 0 Å². The summed E-state index contributed by atoms with van der Waals surface area (Å²) >= 11 is 0.282. The third-order valence-electron chi connectivity index (χ3n) is 4.16. The molecule has 4 aromatic rings. The zero-order valence-corrected chi connectivity index (χ0v) is 17.3. The summed E-state index contributed by atoms with van der Waals surface area (Å²) in [5, 5.41) is 2.67. The van der Waals surface area contributed by atoms with Crippen LogP contribution >= 0.6 is 0 Å². The van der Waals surface area contributed by atoms with Gasteiger partial charge >= 0.3 is 153 Å². The van der Waals surface area contributed by atoms with Gasteiger partial charge in [-0.3, -0.25) is 0 Å². The molecule has 2 aromatic heterocycles. The van der Waals surface area contributed by atoms with Crippen molar-refractivity contribution in [3.05, 3.63) is 72.1 Å². The van der Waals surface area contributed by atoms with Crippen molar-refractivity contribution < 1.29 is 0 Å². The summed E-state index contributed by atoms with van der Waals surface area (Å²) in [4.78, 5) is 9.15. The van der Waals surface area contributed by atoms with E-state index < -0.39 is 0 Å². The van der Waals surface area contributed by atoms with Gasteiger partial charge in [-0.15, -0.1) is 0 Å². The molecule has 24 heavy (non-hydrogen) atoms. The van der Waals surface area contributed by atoms with Crippen molar-refractivity contribution in [2.45, 2.75) is 13.8 Å². The fraction of sp³-hybridized carbons (Fsp3) is 0.100. The normalized spacial score (nSPS) is 11.6. The van der Waals surface area contributed by atoms with Crippen molar-refractivity contribution in [3.63, 3.8) is 0 Å². The molecule has 2 heterocycles. The fourth-order valence-corrected chi connectivity index (χ4v) is 11.3. The third-order valence-corrected chi connectivity index (χ3v) is 12.7. The number of aromatic nitrogens is 2. The van der Waals surface area contributed by atoms with Crippen molar-refractivity contribution in [1.82, 2.24) is 9.97 Å². The Balaban J connectivity index is 1.85. The number of benzene rings is 2. The molecule has 2 aromatic carbocycles. The molecule has 0 aliphatic heterocycles. The van der Waals surface area contributed by atoms with Gasteiger partial charge in [0.1, 0.15) is 0 Å². The van der Waals surface area contributed by atoms with Gasteiger partial charge in [0.05, 0.1) is 0 Å². The minimum atomic E-state index is 0.141. The summed E-state index contributed by atoms with van der Waals surface area (Å²) in [5.74, 6) is 0. The van der Waals surface area contributed by atoms with Gasteiger partial charge in [-0.25, -0.2) is 0 Å². The molecule has 2 nitrogen and oxygen atoms in total. The molecule has 0 amide bonds. The molecule has 0 unspecified atom stereocenters. The van der Waals surface area contributed by atoms with E-state index in [1.807, 2.05) is 24.5 Å². The molecule has 0 spiro atoms. The van der Waals surface area contributed by atoms with Crippen LogP contribution in [0.25, 0.3) is 21.8 Å². The first-order chi connectivity index (χ1) is 11.7. The van der Waals surface area contributed by atoms with E-state index in [4.69, 9.17) is 0 Å². The van der Waals surface area contributed by atoms with E-state index in [9.17, 15) is 0 Å². The Labute approximate surface area is 152 Å². The molecule has 4 rings (SSSR count). The second-order valence-electron chi connectivity index (χ2n) is 5.80. The maximum absolute atomic E-state index is 4.57. The molecule has 0 aliphatic carbocycles. The van der Waals surface area contributed by atoms with Crippen LogP contribution in [-0.2, 0) is 0 Å². The second kappa shape index (κ2) is 6.71. The quantitative estimate of drug-likeness (QED) is 0.454. The number of hydrogen-bond donors (Lipinski definition) is 0. The minimum absolute atomic E-state index is 0.141. The molecular weight excluding hydrogens is 418 g/mol. The van der Waals surface area contributed by atoms with Crippen molar-refractivity contribution in [1.29, 1.82) is 0 Å². The van der Waals surface area contributed by atoms with Crippen LogP contribution in [-0.4, -0.2) is 36.2 Å². The van der Waals surface area contributed by atoms with Crippen LogP contribution in [0.3, 0.4) is 0 Å². The average molecular weight is 434 g/mol. The van der Waals surface area contributed by atoms with E-state index in [1.54, 1.807) is 0 Å². The third kappa shape index (κ3) is 2.90. The Bertz CT molecular complexity index is 1000. The van der Waals surface area contributed by atoms with Gasteiger partial charge < -0.3 is 0 Å². The summed E-state index contributed by atoms with van der Waals surface area (Å²) in [5.41, 5.74) is 4.83. The maximum atomic E-state index is 4.57. The van der Waals surface area contributed by atoms with Crippen LogP contribution in [0.4, 0.5) is 0 Å². The van der Waals surface area contributed by atoms with Crippen LogP contribution in [0.1, 0.15) is 11.1 Å². The molecule has 116 valence electrons. The Hall–Kier alpha value is -1.62. The van der Waals surface area contributed by atoms with E-state index in [2.05, 4.69) is 60.2 Å². The molecule has 4 heteroatoms. The zero-order chi connectivity index (χ0) is 16.5. The van der Waals surface area contributed by atoms with Crippen LogP contribution in [0.5, 0.6) is 0 Å². The van der Waals surface area contributed by atoms with Crippen LogP contribution in [0.2, 0.25) is 0 Å². The van der Waals surface area contributed by atoms with Gasteiger partial charge in [0.2, 0.25) is 0 Å². The second-order valence-corrected chi connectivity index (χ2v) is 13.0. The van der Waals surface area contributed by atoms with Crippen molar-refractivity contribution in [2.24, 2.45) is 0 Å². The van der Waals surface area contributed by atoms with Crippen molar-refractivity contribution in [2.75, 3.05) is 0 Å². The predicted octanol–water partition coefficient (Wildman–Crippen LogP) is 2.67. The molecule has 0 radical (unpaired) electrons. The molecule has 0 atom stereocenters. The molecular formula is C20H16As2N2. The Morgan fingerprint density at radius 2 is 1.08 bits per heavy atom. The first kappa shape index (κ1) is 15.9. The van der Waals surface area contributed by atoms with Gasteiger partial charge in [0, 0.05) is 0 Å². The molecule has 0 saturated carbocycles. The molecule has 0 aliphatic rings. The zero-order valence-electron chi connectivity index (χ0n) is 13.6. The average Bonchev–Trinajstić information content (AvgIpc) is 2.63. The first-order valence-electron chi connectivity index (χ1n) is 7.84. The van der Waals surface area contributed by atoms with E-state index in [0.717, 1.165) is 11.0 Å².